The number of carbonyl (C=O) groups excluding carboxylic acids is 1. The predicted molar refractivity (Wildman–Crippen MR) is 79.4 cm³/mol. The highest BCUT2D eigenvalue weighted by Gasteiger charge is 2.18. The molecule has 0 spiro atoms. The molecule has 2 rings (SSSR count). The van der Waals surface area contributed by atoms with E-state index in [0.717, 1.165) is 22.1 Å². The molecule has 5 heteroatoms. The molecule has 5 nitrogen and oxygen atoms in total. The van der Waals surface area contributed by atoms with Crippen molar-refractivity contribution in [2.45, 2.75) is 19.4 Å². The van der Waals surface area contributed by atoms with Crippen LogP contribution in [-0.4, -0.2) is 30.1 Å². The summed E-state index contributed by atoms with van der Waals surface area (Å²) in [5.41, 5.74) is 0.855. The lowest BCUT2D eigenvalue weighted by atomic mass is 10.0. The van der Waals surface area contributed by atoms with Gasteiger partial charge in [0.25, 0.3) is 0 Å². The number of amides is 1. The van der Waals surface area contributed by atoms with Gasteiger partial charge in [0.15, 0.2) is 0 Å². The highest BCUT2D eigenvalue weighted by atomic mass is 16.5. The highest BCUT2D eigenvalue weighted by molar-refractivity contribution is 5.85. The van der Waals surface area contributed by atoms with Crippen molar-refractivity contribution in [2.75, 3.05) is 7.11 Å². The summed E-state index contributed by atoms with van der Waals surface area (Å²) in [6.45, 7) is 1.31. The van der Waals surface area contributed by atoms with Crippen LogP contribution in [0.4, 0.5) is 0 Å². The van der Waals surface area contributed by atoms with Gasteiger partial charge in [-0.15, -0.1) is 0 Å². The molecule has 1 atom stereocenters. The lowest BCUT2D eigenvalue weighted by Gasteiger charge is -2.13. The van der Waals surface area contributed by atoms with Crippen LogP contribution in [0.15, 0.2) is 36.4 Å². The van der Waals surface area contributed by atoms with E-state index in [1.807, 2.05) is 36.4 Å². The lowest BCUT2D eigenvalue weighted by Crippen LogP contribution is -2.41. The summed E-state index contributed by atoms with van der Waals surface area (Å²) < 4.78 is 5.17. The molecule has 0 aromatic heterocycles. The zero-order chi connectivity index (χ0) is 15.4. The van der Waals surface area contributed by atoms with Crippen LogP contribution >= 0.6 is 0 Å². The van der Waals surface area contributed by atoms with Crippen molar-refractivity contribution < 1.29 is 19.4 Å². The maximum atomic E-state index is 11.2. The Kier molecular flexibility index (Phi) is 4.42. The number of methoxy groups -OCH3 is 1. The van der Waals surface area contributed by atoms with Gasteiger partial charge in [-0.05, 0) is 28.5 Å². The fourth-order valence-electron chi connectivity index (χ4n) is 2.21. The molecule has 0 saturated carbocycles. The van der Waals surface area contributed by atoms with Crippen molar-refractivity contribution in [2.24, 2.45) is 0 Å². The SMILES string of the molecule is COc1ccc2cc(C[C@H](NC(C)=O)C(=O)O)ccc2c1. The maximum absolute atomic E-state index is 11.2. The quantitative estimate of drug-likeness (QED) is 0.881. The Bertz CT molecular complexity index is 681. The van der Waals surface area contributed by atoms with Gasteiger partial charge in [0.1, 0.15) is 11.8 Å². The Balaban J connectivity index is 2.25. The topological polar surface area (TPSA) is 75.6 Å². The molecule has 2 aromatic rings. The second kappa shape index (κ2) is 6.26. The Morgan fingerprint density at radius 3 is 2.48 bits per heavy atom. The van der Waals surface area contributed by atoms with E-state index in [-0.39, 0.29) is 12.3 Å². The third kappa shape index (κ3) is 3.72. The molecule has 2 N–H and O–H groups in total. The van der Waals surface area contributed by atoms with Crippen molar-refractivity contribution >= 4 is 22.6 Å². The first-order valence-electron chi connectivity index (χ1n) is 6.56. The number of aliphatic carboxylic acids is 1. The van der Waals surface area contributed by atoms with Gasteiger partial charge in [0, 0.05) is 13.3 Å². The molecular formula is C16H17NO4. The lowest BCUT2D eigenvalue weighted by molar-refractivity contribution is -0.141. The number of rotatable bonds is 5. The number of hydrogen-bond donors (Lipinski definition) is 2. The minimum Gasteiger partial charge on any atom is -0.497 e. The number of carboxylic acids is 1. The summed E-state index contributed by atoms with van der Waals surface area (Å²) >= 11 is 0. The first-order valence-corrected chi connectivity index (χ1v) is 6.56. The van der Waals surface area contributed by atoms with Crippen LogP contribution in [0.3, 0.4) is 0 Å². The standard InChI is InChI=1S/C16H17NO4/c1-10(18)17-15(16(19)20)8-11-3-4-13-9-14(21-2)6-5-12(13)7-11/h3-7,9,15H,8H2,1-2H3,(H,17,18)(H,19,20)/t15-/m0/s1. The van der Waals surface area contributed by atoms with Gasteiger partial charge in [-0.3, -0.25) is 4.79 Å². The van der Waals surface area contributed by atoms with Crippen molar-refractivity contribution in [1.29, 1.82) is 0 Å². The van der Waals surface area contributed by atoms with Crippen molar-refractivity contribution in [3.05, 3.63) is 42.0 Å². The highest BCUT2D eigenvalue weighted by Crippen LogP contribution is 2.22. The number of fused-ring (bicyclic) bond motifs is 1. The number of nitrogens with one attached hydrogen (secondary N) is 1. The minimum absolute atomic E-state index is 0.247. The molecule has 110 valence electrons. The van der Waals surface area contributed by atoms with Crippen molar-refractivity contribution in [1.82, 2.24) is 5.32 Å². The summed E-state index contributed by atoms with van der Waals surface area (Å²) in [6, 6.07) is 10.5. The Morgan fingerprint density at radius 2 is 1.86 bits per heavy atom. The summed E-state index contributed by atoms with van der Waals surface area (Å²) in [7, 11) is 1.61. The molecule has 0 aliphatic heterocycles. The van der Waals surface area contributed by atoms with E-state index in [9.17, 15) is 9.59 Å². The molecule has 1 amide bonds. The van der Waals surface area contributed by atoms with Crippen LogP contribution in [0.2, 0.25) is 0 Å². The number of carboxylic acid groups (broad SMARTS) is 1. The number of carbonyl (C=O) groups is 2. The average Bonchev–Trinajstić information content (AvgIpc) is 2.45. The molecular weight excluding hydrogens is 270 g/mol. The molecule has 0 saturated heterocycles. The van der Waals surface area contributed by atoms with Gasteiger partial charge in [-0.1, -0.05) is 24.3 Å². The van der Waals surface area contributed by atoms with Gasteiger partial charge in [-0.2, -0.15) is 0 Å². The fraction of sp³-hybridized carbons (Fsp3) is 0.250. The van der Waals surface area contributed by atoms with Crippen LogP contribution in [0.5, 0.6) is 5.75 Å². The van der Waals surface area contributed by atoms with Gasteiger partial charge in [0.05, 0.1) is 7.11 Å². The molecule has 2 aromatic carbocycles. The van der Waals surface area contributed by atoms with Gasteiger partial charge in [0.2, 0.25) is 5.91 Å². The second-order valence-electron chi connectivity index (χ2n) is 4.84. The molecule has 0 bridgehead atoms. The summed E-state index contributed by atoms with van der Waals surface area (Å²) in [5, 5.41) is 13.6. The Labute approximate surface area is 122 Å². The van der Waals surface area contributed by atoms with Crippen LogP contribution in [-0.2, 0) is 16.0 Å². The molecule has 0 fully saturated rings. The molecule has 0 aliphatic rings. The van der Waals surface area contributed by atoms with E-state index in [1.165, 1.54) is 6.92 Å². The monoisotopic (exact) mass is 287 g/mol. The van der Waals surface area contributed by atoms with E-state index in [1.54, 1.807) is 7.11 Å². The fourth-order valence-corrected chi connectivity index (χ4v) is 2.21. The molecule has 0 unspecified atom stereocenters. The third-order valence-electron chi connectivity index (χ3n) is 3.23. The first-order chi connectivity index (χ1) is 9.99. The van der Waals surface area contributed by atoms with Crippen LogP contribution in [0, 0.1) is 0 Å². The van der Waals surface area contributed by atoms with Gasteiger partial charge < -0.3 is 15.2 Å². The third-order valence-corrected chi connectivity index (χ3v) is 3.23. The van der Waals surface area contributed by atoms with E-state index in [2.05, 4.69) is 5.32 Å². The van der Waals surface area contributed by atoms with Crippen LogP contribution in [0.25, 0.3) is 10.8 Å². The number of ether oxygens (including phenoxy) is 1. The van der Waals surface area contributed by atoms with Crippen LogP contribution < -0.4 is 10.1 Å². The van der Waals surface area contributed by atoms with Crippen molar-refractivity contribution in [3.8, 4) is 5.75 Å². The zero-order valence-corrected chi connectivity index (χ0v) is 11.9. The minimum atomic E-state index is -1.04. The predicted octanol–water partition coefficient (Wildman–Crippen LogP) is 1.98. The van der Waals surface area contributed by atoms with Gasteiger partial charge in [-0.25, -0.2) is 4.79 Å². The van der Waals surface area contributed by atoms with Crippen LogP contribution in [0.1, 0.15) is 12.5 Å². The number of benzene rings is 2. The summed E-state index contributed by atoms with van der Waals surface area (Å²) in [5.74, 6) is -0.620. The van der Waals surface area contributed by atoms with E-state index in [4.69, 9.17) is 9.84 Å². The summed E-state index contributed by atoms with van der Waals surface area (Å²) in [6.07, 6.45) is 0.247. The summed E-state index contributed by atoms with van der Waals surface area (Å²) in [4.78, 5) is 22.2. The maximum Gasteiger partial charge on any atom is 0.326 e. The average molecular weight is 287 g/mol. The molecule has 0 aliphatic carbocycles. The Morgan fingerprint density at radius 1 is 1.19 bits per heavy atom. The second-order valence-corrected chi connectivity index (χ2v) is 4.84. The first kappa shape index (κ1) is 14.8. The number of hydrogen-bond acceptors (Lipinski definition) is 3. The molecule has 0 heterocycles. The Hall–Kier alpha value is -2.56. The molecule has 21 heavy (non-hydrogen) atoms. The largest absolute Gasteiger partial charge is 0.497 e. The smallest absolute Gasteiger partial charge is 0.326 e. The van der Waals surface area contributed by atoms with E-state index in [0.29, 0.717) is 0 Å². The normalized spacial score (nSPS) is 11.9. The van der Waals surface area contributed by atoms with E-state index >= 15 is 0 Å². The van der Waals surface area contributed by atoms with Gasteiger partial charge >= 0.3 is 5.97 Å². The molecule has 0 radical (unpaired) electrons. The van der Waals surface area contributed by atoms with E-state index < -0.39 is 12.0 Å². The zero-order valence-electron chi connectivity index (χ0n) is 11.9. The van der Waals surface area contributed by atoms with Crippen molar-refractivity contribution in [3.63, 3.8) is 0 Å².